The van der Waals surface area contributed by atoms with Crippen molar-refractivity contribution in [2.75, 3.05) is 33.9 Å². The molecule has 1 rings (SSSR count). The van der Waals surface area contributed by atoms with E-state index in [1.807, 2.05) is 25.2 Å². The molecule has 100 valence electrons. The highest BCUT2D eigenvalue weighted by atomic mass is 16.5. The quantitative estimate of drug-likeness (QED) is 0.755. The number of carbonyl (C=O) groups excluding carboxylic acids is 1. The minimum Gasteiger partial charge on any atom is -0.384 e. The first-order valence-corrected chi connectivity index (χ1v) is 6.20. The molecule has 1 N–H and O–H groups in total. The van der Waals surface area contributed by atoms with Gasteiger partial charge in [-0.3, -0.25) is 4.79 Å². The minimum absolute atomic E-state index is 0.0463. The number of nitrogens with zero attached hydrogens (tertiary/aromatic N) is 1. The molecule has 0 fully saturated rings. The SMILES string of the molecule is COCCC(=O)NCCN(C)Cc1ccccc1. The predicted octanol–water partition coefficient (Wildman–Crippen LogP) is 1.27. The van der Waals surface area contributed by atoms with Gasteiger partial charge in [0, 0.05) is 33.2 Å². The van der Waals surface area contributed by atoms with Crippen molar-refractivity contribution in [3.63, 3.8) is 0 Å². The zero-order chi connectivity index (χ0) is 13.2. The van der Waals surface area contributed by atoms with Gasteiger partial charge in [0.05, 0.1) is 6.61 Å². The van der Waals surface area contributed by atoms with Gasteiger partial charge in [-0.2, -0.15) is 0 Å². The second-order valence-corrected chi connectivity index (χ2v) is 4.32. The highest BCUT2D eigenvalue weighted by Crippen LogP contribution is 2.01. The third kappa shape index (κ3) is 6.37. The lowest BCUT2D eigenvalue weighted by molar-refractivity contribution is -0.122. The number of nitrogens with one attached hydrogen (secondary N) is 1. The number of hydrogen-bond acceptors (Lipinski definition) is 3. The first-order valence-electron chi connectivity index (χ1n) is 6.20. The van der Waals surface area contributed by atoms with Crippen molar-refractivity contribution in [1.82, 2.24) is 10.2 Å². The molecule has 1 aromatic carbocycles. The first kappa shape index (κ1) is 14.7. The molecular formula is C14H22N2O2. The van der Waals surface area contributed by atoms with Gasteiger partial charge in [-0.1, -0.05) is 30.3 Å². The Hall–Kier alpha value is -1.39. The normalized spacial score (nSPS) is 10.6. The number of methoxy groups -OCH3 is 1. The van der Waals surface area contributed by atoms with Gasteiger partial charge in [0.1, 0.15) is 0 Å². The highest BCUT2D eigenvalue weighted by molar-refractivity contribution is 5.75. The maximum absolute atomic E-state index is 11.3. The van der Waals surface area contributed by atoms with Crippen LogP contribution in [0.5, 0.6) is 0 Å². The van der Waals surface area contributed by atoms with E-state index < -0.39 is 0 Å². The highest BCUT2D eigenvalue weighted by Gasteiger charge is 2.02. The maximum atomic E-state index is 11.3. The number of likely N-dealkylation sites (N-methyl/N-ethyl adjacent to an activating group) is 1. The fourth-order valence-corrected chi connectivity index (χ4v) is 1.64. The van der Waals surface area contributed by atoms with E-state index in [4.69, 9.17) is 4.74 Å². The van der Waals surface area contributed by atoms with Crippen LogP contribution in [-0.4, -0.2) is 44.7 Å². The number of hydrogen-bond donors (Lipinski definition) is 1. The van der Waals surface area contributed by atoms with E-state index in [9.17, 15) is 4.79 Å². The van der Waals surface area contributed by atoms with Gasteiger partial charge in [0.25, 0.3) is 0 Å². The lowest BCUT2D eigenvalue weighted by Crippen LogP contribution is -2.33. The molecule has 0 bridgehead atoms. The van der Waals surface area contributed by atoms with Crippen LogP contribution >= 0.6 is 0 Å². The second-order valence-electron chi connectivity index (χ2n) is 4.32. The van der Waals surface area contributed by atoms with Gasteiger partial charge in [0.15, 0.2) is 0 Å². The third-order valence-corrected chi connectivity index (χ3v) is 2.64. The molecule has 0 aromatic heterocycles. The molecule has 0 saturated heterocycles. The molecule has 4 nitrogen and oxygen atoms in total. The van der Waals surface area contributed by atoms with Crippen LogP contribution in [0.1, 0.15) is 12.0 Å². The standard InChI is InChI=1S/C14H22N2O2/c1-16(12-13-6-4-3-5-7-13)10-9-15-14(17)8-11-18-2/h3-7H,8-12H2,1-2H3,(H,15,17). The first-order chi connectivity index (χ1) is 8.72. The minimum atomic E-state index is 0.0463. The lowest BCUT2D eigenvalue weighted by atomic mass is 10.2. The average Bonchev–Trinajstić information content (AvgIpc) is 2.37. The van der Waals surface area contributed by atoms with Crippen LogP contribution in [-0.2, 0) is 16.1 Å². The lowest BCUT2D eigenvalue weighted by Gasteiger charge is -2.16. The molecule has 0 aliphatic rings. The summed E-state index contributed by atoms with van der Waals surface area (Å²) < 4.78 is 4.85. The Bertz CT molecular complexity index is 341. The number of ether oxygens (including phenoxy) is 1. The fourth-order valence-electron chi connectivity index (χ4n) is 1.64. The molecule has 4 heteroatoms. The molecular weight excluding hydrogens is 228 g/mol. The van der Waals surface area contributed by atoms with Gasteiger partial charge in [-0.05, 0) is 12.6 Å². The van der Waals surface area contributed by atoms with Gasteiger partial charge < -0.3 is 15.0 Å². The van der Waals surface area contributed by atoms with Crippen LogP contribution in [0, 0.1) is 0 Å². The van der Waals surface area contributed by atoms with Crippen molar-refractivity contribution in [2.45, 2.75) is 13.0 Å². The van der Waals surface area contributed by atoms with E-state index in [0.29, 0.717) is 19.6 Å². The molecule has 1 aromatic rings. The van der Waals surface area contributed by atoms with Crippen molar-refractivity contribution in [1.29, 1.82) is 0 Å². The molecule has 0 unspecified atom stereocenters. The molecule has 18 heavy (non-hydrogen) atoms. The Labute approximate surface area is 109 Å². The number of carbonyl (C=O) groups is 1. The van der Waals surface area contributed by atoms with E-state index in [1.54, 1.807) is 7.11 Å². The van der Waals surface area contributed by atoms with Gasteiger partial charge in [0.2, 0.25) is 5.91 Å². The predicted molar refractivity (Wildman–Crippen MR) is 72.3 cm³/mol. The molecule has 0 aliphatic carbocycles. The molecule has 1 amide bonds. The summed E-state index contributed by atoms with van der Waals surface area (Å²) in [6.07, 6.45) is 0.429. The summed E-state index contributed by atoms with van der Waals surface area (Å²) >= 11 is 0. The van der Waals surface area contributed by atoms with Crippen molar-refractivity contribution >= 4 is 5.91 Å². The van der Waals surface area contributed by atoms with E-state index in [-0.39, 0.29) is 5.91 Å². The van der Waals surface area contributed by atoms with Crippen LogP contribution in [0.25, 0.3) is 0 Å². The zero-order valence-electron chi connectivity index (χ0n) is 11.2. The molecule has 0 aliphatic heterocycles. The van der Waals surface area contributed by atoms with Crippen LogP contribution in [0.15, 0.2) is 30.3 Å². The van der Waals surface area contributed by atoms with E-state index in [0.717, 1.165) is 13.1 Å². The number of benzene rings is 1. The van der Waals surface area contributed by atoms with Crippen LogP contribution in [0.4, 0.5) is 0 Å². The summed E-state index contributed by atoms with van der Waals surface area (Å²) in [4.78, 5) is 13.5. The Kier molecular flexibility index (Phi) is 7.06. The Balaban J connectivity index is 2.14. The summed E-state index contributed by atoms with van der Waals surface area (Å²) in [5.41, 5.74) is 1.28. The fraction of sp³-hybridized carbons (Fsp3) is 0.500. The smallest absolute Gasteiger partial charge is 0.222 e. The van der Waals surface area contributed by atoms with Crippen molar-refractivity contribution in [3.05, 3.63) is 35.9 Å². The second kappa shape index (κ2) is 8.66. The maximum Gasteiger partial charge on any atom is 0.222 e. The number of amides is 1. The van der Waals surface area contributed by atoms with Gasteiger partial charge in [-0.15, -0.1) is 0 Å². The largest absolute Gasteiger partial charge is 0.384 e. The van der Waals surface area contributed by atoms with Gasteiger partial charge >= 0.3 is 0 Å². The van der Waals surface area contributed by atoms with Crippen molar-refractivity contribution in [3.8, 4) is 0 Å². The summed E-state index contributed by atoms with van der Waals surface area (Å²) in [5.74, 6) is 0.0463. The van der Waals surface area contributed by atoms with Crippen LogP contribution in [0.2, 0.25) is 0 Å². The van der Waals surface area contributed by atoms with Crippen molar-refractivity contribution < 1.29 is 9.53 Å². The Morgan fingerprint density at radius 3 is 2.72 bits per heavy atom. The number of rotatable bonds is 8. The topological polar surface area (TPSA) is 41.6 Å². The summed E-state index contributed by atoms with van der Waals surface area (Å²) in [7, 11) is 3.65. The van der Waals surface area contributed by atoms with Gasteiger partial charge in [-0.25, -0.2) is 0 Å². The molecule has 0 saturated carbocycles. The zero-order valence-corrected chi connectivity index (χ0v) is 11.2. The molecule has 0 spiro atoms. The molecule has 0 radical (unpaired) electrons. The van der Waals surface area contributed by atoms with Crippen LogP contribution in [0.3, 0.4) is 0 Å². The Morgan fingerprint density at radius 2 is 2.06 bits per heavy atom. The van der Waals surface area contributed by atoms with E-state index in [1.165, 1.54) is 5.56 Å². The molecule has 0 atom stereocenters. The van der Waals surface area contributed by atoms with Crippen LogP contribution < -0.4 is 5.32 Å². The Morgan fingerprint density at radius 1 is 1.33 bits per heavy atom. The monoisotopic (exact) mass is 250 g/mol. The summed E-state index contributed by atoms with van der Waals surface area (Å²) in [6.45, 7) is 2.89. The summed E-state index contributed by atoms with van der Waals surface area (Å²) in [6, 6.07) is 10.3. The average molecular weight is 250 g/mol. The van der Waals surface area contributed by atoms with E-state index in [2.05, 4.69) is 22.3 Å². The van der Waals surface area contributed by atoms with E-state index >= 15 is 0 Å². The molecule has 0 heterocycles. The summed E-state index contributed by atoms with van der Waals surface area (Å²) in [5, 5.41) is 2.87. The van der Waals surface area contributed by atoms with Crippen molar-refractivity contribution in [2.24, 2.45) is 0 Å². The third-order valence-electron chi connectivity index (χ3n) is 2.64.